The van der Waals surface area contributed by atoms with Crippen LogP contribution in [0.2, 0.25) is 0 Å². The Morgan fingerprint density at radius 2 is 1.55 bits per heavy atom. The lowest BCUT2D eigenvalue weighted by Gasteiger charge is -2.19. The molecule has 0 spiro atoms. The van der Waals surface area contributed by atoms with Gasteiger partial charge in [0, 0.05) is 0 Å². The van der Waals surface area contributed by atoms with Crippen LogP contribution in [0, 0.1) is 6.92 Å². The van der Waals surface area contributed by atoms with Gasteiger partial charge in [-0.3, -0.25) is 4.79 Å². The third-order valence-corrected chi connectivity index (χ3v) is 4.23. The summed E-state index contributed by atoms with van der Waals surface area (Å²) in [6.07, 6.45) is 0. The van der Waals surface area contributed by atoms with Crippen LogP contribution >= 0.6 is 11.5 Å². The molecular formula is C17H15N3OS. The highest BCUT2D eigenvalue weighted by atomic mass is 32.1. The third-order valence-electron chi connectivity index (χ3n) is 3.40. The minimum atomic E-state index is -0.198. The summed E-state index contributed by atoms with van der Waals surface area (Å²) in [6, 6.07) is 19.6. The average molecular weight is 309 g/mol. The van der Waals surface area contributed by atoms with Crippen LogP contribution in [0.4, 0.5) is 0 Å². The second-order valence-corrected chi connectivity index (χ2v) is 5.67. The van der Waals surface area contributed by atoms with Crippen molar-refractivity contribution in [3.05, 3.63) is 82.4 Å². The van der Waals surface area contributed by atoms with E-state index in [9.17, 15) is 4.79 Å². The van der Waals surface area contributed by atoms with Crippen molar-refractivity contribution >= 4 is 17.4 Å². The van der Waals surface area contributed by atoms with E-state index < -0.39 is 0 Å². The number of hydrogen-bond acceptors (Lipinski definition) is 4. The largest absolute Gasteiger partial charge is 0.340 e. The number of hydrogen-bond donors (Lipinski definition) is 1. The Bertz CT molecular complexity index is 716. The maximum Gasteiger partial charge on any atom is 0.265 e. The summed E-state index contributed by atoms with van der Waals surface area (Å²) >= 11 is 1.12. The molecular weight excluding hydrogens is 294 g/mol. The molecule has 0 aliphatic rings. The molecule has 0 aliphatic carbocycles. The standard InChI is InChI=1S/C17H15N3OS/c1-12-16(22-20-19-12)17(21)18-15(13-8-4-2-5-9-13)14-10-6-3-7-11-14/h2-11,15H,1H3,(H,18,21). The normalized spacial score (nSPS) is 10.6. The predicted molar refractivity (Wildman–Crippen MR) is 86.8 cm³/mol. The van der Waals surface area contributed by atoms with E-state index in [4.69, 9.17) is 0 Å². The van der Waals surface area contributed by atoms with E-state index in [1.165, 1.54) is 0 Å². The highest BCUT2D eigenvalue weighted by molar-refractivity contribution is 7.08. The number of benzene rings is 2. The van der Waals surface area contributed by atoms with E-state index in [-0.39, 0.29) is 11.9 Å². The Hall–Kier alpha value is -2.53. The molecule has 0 saturated carbocycles. The first-order valence-electron chi connectivity index (χ1n) is 6.95. The summed E-state index contributed by atoms with van der Waals surface area (Å²) in [5.74, 6) is -0.148. The Morgan fingerprint density at radius 1 is 1.00 bits per heavy atom. The number of rotatable bonds is 4. The molecule has 22 heavy (non-hydrogen) atoms. The lowest BCUT2D eigenvalue weighted by Crippen LogP contribution is -2.29. The van der Waals surface area contributed by atoms with Crippen LogP contribution in [0.1, 0.15) is 32.5 Å². The maximum absolute atomic E-state index is 12.5. The monoisotopic (exact) mass is 309 g/mol. The Balaban J connectivity index is 1.93. The van der Waals surface area contributed by atoms with E-state index in [0.29, 0.717) is 10.6 Å². The molecule has 110 valence electrons. The molecule has 0 fully saturated rings. The number of nitrogens with zero attached hydrogens (tertiary/aromatic N) is 2. The summed E-state index contributed by atoms with van der Waals surface area (Å²) in [4.78, 5) is 13.1. The summed E-state index contributed by atoms with van der Waals surface area (Å²) < 4.78 is 3.83. The van der Waals surface area contributed by atoms with Crippen LogP contribution in [0.25, 0.3) is 0 Å². The zero-order valence-electron chi connectivity index (χ0n) is 12.1. The third kappa shape index (κ3) is 3.04. The number of amides is 1. The first kappa shape index (κ1) is 14.4. The molecule has 0 unspecified atom stereocenters. The molecule has 3 aromatic rings. The average Bonchev–Trinajstić information content (AvgIpc) is 3.00. The van der Waals surface area contributed by atoms with Gasteiger partial charge in [-0.15, -0.1) is 5.10 Å². The molecule has 0 aliphatic heterocycles. The van der Waals surface area contributed by atoms with Gasteiger partial charge in [-0.25, -0.2) is 0 Å². The van der Waals surface area contributed by atoms with Gasteiger partial charge in [-0.2, -0.15) is 0 Å². The number of nitrogens with one attached hydrogen (secondary N) is 1. The quantitative estimate of drug-likeness (QED) is 0.804. The first-order chi connectivity index (χ1) is 10.8. The zero-order chi connectivity index (χ0) is 15.4. The van der Waals surface area contributed by atoms with E-state index in [2.05, 4.69) is 14.9 Å². The Labute approximate surface area is 133 Å². The van der Waals surface area contributed by atoms with Gasteiger partial charge in [0.2, 0.25) is 0 Å². The van der Waals surface area contributed by atoms with Gasteiger partial charge in [-0.05, 0) is 29.6 Å². The minimum absolute atomic E-state index is 0.148. The second-order valence-electron chi connectivity index (χ2n) is 4.92. The van der Waals surface area contributed by atoms with Gasteiger partial charge in [0.1, 0.15) is 4.88 Å². The van der Waals surface area contributed by atoms with Crippen molar-refractivity contribution in [1.82, 2.24) is 14.9 Å². The lowest BCUT2D eigenvalue weighted by molar-refractivity contribution is 0.0946. The van der Waals surface area contributed by atoms with Gasteiger partial charge < -0.3 is 5.32 Å². The Morgan fingerprint density at radius 3 is 2.00 bits per heavy atom. The molecule has 0 radical (unpaired) electrons. The van der Waals surface area contributed by atoms with Crippen LogP contribution in [-0.4, -0.2) is 15.5 Å². The summed E-state index contributed by atoms with van der Waals surface area (Å²) in [5.41, 5.74) is 2.73. The van der Waals surface area contributed by atoms with Crippen LogP contribution in [-0.2, 0) is 0 Å². The molecule has 1 aromatic heterocycles. The molecule has 4 nitrogen and oxygen atoms in total. The zero-order valence-corrected chi connectivity index (χ0v) is 12.9. The first-order valence-corrected chi connectivity index (χ1v) is 7.73. The van der Waals surface area contributed by atoms with E-state index in [1.807, 2.05) is 60.7 Å². The fourth-order valence-electron chi connectivity index (χ4n) is 2.29. The van der Waals surface area contributed by atoms with Crippen LogP contribution in [0.15, 0.2) is 60.7 Å². The maximum atomic E-state index is 12.5. The predicted octanol–water partition coefficient (Wildman–Crippen LogP) is 3.37. The summed E-state index contributed by atoms with van der Waals surface area (Å²) in [6.45, 7) is 1.79. The van der Waals surface area contributed by atoms with Gasteiger partial charge in [0.15, 0.2) is 0 Å². The van der Waals surface area contributed by atoms with Crippen LogP contribution < -0.4 is 5.32 Å². The number of carbonyl (C=O) groups excluding carboxylic acids is 1. The number of aryl methyl sites for hydroxylation is 1. The van der Waals surface area contributed by atoms with E-state index >= 15 is 0 Å². The SMILES string of the molecule is Cc1nnsc1C(=O)NC(c1ccccc1)c1ccccc1. The minimum Gasteiger partial charge on any atom is -0.340 e. The molecule has 0 atom stereocenters. The van der Waals surface area contributed by atoms with Gasteiger partial charge in [0.05, 0.1) is 11.7 Å². The lowest BCUT2D eigenvalue weighted by atomic mass is 9.98. The highest BCUT2D eigenvalue weighted by Crippen LogP contribution is 2.23. The second kappa shape index (κ2) is 6.49. The topological polar surface area (TPSA) is 54.9 Å². The van der Waals surface area contributed by atoms with Gasteiger partial charge in [-0.1, -0.05) is 65.2 Å². The molecule has 2 aromatic carbocycles. The van der Waals surface area contributed by atoms with E-state index in [0.717, 1.165) is 22.7 Å². The van der Waals surface area contributed by atoms with Crippen molar-refractivity contribution in [3.63, 3.8) is 0 Å². The summed E-state index contributed by atoms with van der Waals surface area (Å²) in [5, 5.41) is 6.98. The van der Waals surface area contributed by atoms with Crippen LogP contribution in [0.3, 0.4) is 0 Å². The fourth-order valence-corrected chi connectivity index (χ4v) is 2.85. The smallest absolute Gasteiger partial charge is 0.265 e. The summed E-state index contributed by atoms with van der Waals surface area (Å²) in [7, 11) is 0. The van der Waals surface area contributed by atoms with Crippen molar-refractivity contribution in [2.24, 2.45) is 0 Å². The van der Waals surface area contributed by atoms with Crippen molar-refractivity contribution in [1.29, 1.82) is 0 Å². The van der Waals surface area contributed by atoms with Crippen molar-refractivity contribution in [2.75, 3.05) is 0 Å². The van der Waals surface area contributed by atoms with E-state index in [1.54, 1.807) is 6.92 Å². The van der Waals surface area contributed by atoms with Gasteiger partial charge >= 0.3 is 0 Å². The fraction of sp³-hybridized carbons (Fsp3) is 0.118. The van der Waals surface area contributed by atoms with Gasteiger partial charge in [0.25, 0.3) is 5.91 Å². The van der Waals surface area contributed by atoms with Crippen molar-refractivity contribution in [2.45, 2.75) is 13.0 Å². The molecule has 1 heterocycles. The number of aromatic nitrogens is 2. The highest BCUT2D eigenvalue weighted by Gasteiger charge is 2.20. The van der Waals surface area contributed by atoms with Crippen LogP contribution in [0.5, 0.6) is 0 Å². The molecule has 0 bridgehead atoms. The number of carbonyl (C=O) groups is 1. The van der Waals surface area contributed by atoms with Crippen molar-refractivity contribution < 1.29 is 4.79 Å². The molecule has 1 N–H and O–H groups in total. The molecule has 1 amide bonds. The molecule has 5 heteroatoms. The molecule has 3 rings (SSSR count). The van der Waals surface area contributed by atoms with Crippen molar-refractivity contribution in [3.8, 4) is 0 Å². The molecule has 0 saturated heterocycles. The Kier molecular flexibility index (Phi) is 4.25.